The number of guanidine groups is 1. The average molecular weight is 432 g/mol. The van der Waals surface area contributed by atoms with Crippen LogP contribution in [0.3, 0.4) is 0 Å². The molecule has 0 atom stereocenters. The van der Waals surface area contributed by atoms with E-state index in [9.17, 15) is 4.39 Å². The van der Waals surface area contributed by atoms with E-state index >= 15 is 0 Å². The number of hydrogen-bond donors (Lipinski definition) is 2. The van der Waals surface area contributed by atoms with Crippen LogP contribution in [-0.4, -0.2) is 34.3 Å². The van der Waals surface area contributed by atoms with Crippen molar-refractivity contribution in [1.82, 2.24) is 25.4 Å². The van der Waals surface area contributed by atoms with Gasteiger partial charge in [-0.05, 0) is 18.9 Å². The fraction of sp³-hybridized carbons (Fsp3) is 0.400. The van der Waals surface area contributed by atoms with Gasteiger partial charge in [0.25, 0.3) is 0 Å². The zero-order valence-corrected chi connectivity index (χ0v) is 15.4. The topological polar surface area (TPSA) is 67.1 Å². The Morgan fingerprint density at radius 1 is 1.17 bits per heavy atom. The predicted molar refractivity (Wildman–Crippen MR) is 99.3 cm³/mol. The lowest BCUT2D eigenvalue weighted by Crippen LogP contribution is -2.37. The van der Waals surface area contributed by atoms with E-state index < -0.39 is 0 Å². The third kappa shape index (κ3) is 6.93. The lowest BCUT2D eigenvalue weighted by molar-refractivity contribution is 0.593. The molecule has 2 rings (SSSR count). The van der Waals surface area contributed by atoms with Crippen LogP contribution in [0.15, 0.2) is 41.9 Å². The maximum absolute atomic E-state index is 13.5. The van der Waals surface area contributed by atoms with Gasteiger partial charge < -0.3 is 15.2 Å². The van der Waals surface area contributed by atoms with Gasteiger partial charge in [0.1, 0.15) is 18.5 Å². The van der Waals surface area contributed by atoms with Crippen LogP contribution in [0.1, 0.15) is 18.4 Å². The number of benzene rings is 1. The summed E-state index contributed by atoms with van der Waals surface area (Å²) >= 11 is 0. The van der Waals surface area contributed by atoms with Crippen LogP contribution < -0.4 is 10.6 Å². The summed E-state index contributed by atoms with van der Waals surface area (Å²) in [7, 11) is 1.70. The van der Waals surface area contributed by atoms with Crippen LogP contribution >= 0.6 is 24.0 Å². The molecular weight excluding hydrogens is 410 g/mol. The summed E-state index contributed by atoms with van der Waals surface area (Å²) in [5, 5.41) is 13.8. The first-order chi connectivity index (χ1) is 10.8. The van der Waals surface area contributed by atoms with Crippen molar-refractivity contribution < 1.29 is 4.39 Å². The lowest BCUT2D eigenvalue weighted by atomic mass is 10.2. The van der Waals surface area contributed by atoms with Gasteiger partial charge in [0.2, 0.25) is 0 Å². The summed E-state index contributed by atoms with van der Waals surface area (Å²) in [6.07, 6.45) is 5.44. The Kier molecular flexibility index (Phi) is 9.18. The SMILES string of the molecule is CN=C(NCCCCn1cnnc1)NCc1ccccc1F.I. The van der Waals surface area contributed by atoms with Crippen molar-refractivity contribution in [1.29, 1.82) is 0 Å². The van der Waals surface area contributed by atoms with Crippen molar-refractivity contribution in [2.24, 2.45) is 4.99 Å². The molecule has 0 fully saturated rings. The number of aromatic nitrogens is 3. The Balaban J connectivity index is 0.00000264. The molecular formula is C15H22FIN6. The molecule has 0 aliphatic carbocycles. The largest absolute Gasteiger partial charge is 0.356 e. The van der Waals surface area contributed by atoms with E-state index in [0.717, 1.165) is 25.9 Å². The van der Waals surface area contributed by atoms with Crippen LogP contribution in [0.5, 0.6) is 0 Å². The molecule has 0 saturated heterocycles. The maximum atomic E-state index is 13.5. The average Bonchev–Trinajstić information content (AvgIpc) is 3.05. The number of aliphatic imine (C=N–C) groups is 1. The highest BCUT2D eigenvalue weighted by Crippen LogP contribution is 2.05. The number of hydrogen-bond acceptors (Lipinski definition) is 3. The fourth-order valence-electron chi connectivity index (χ4n) is 2.01. The third-order valence-corrected chi connectivity index (χ3v) is 3.23. The van der Waals surface area contributed by atoms with Gasteiger partial charge in [-0.25, -0.2) is 4.39 Å². The minimum Gasteiger partial charge on any atom is -0.356 e. The summed E-state index contributed by atoms with van der Waals surface area (Å²) in [4.78, 5) is 4.13. The predicted octanol–water partition coefficient (Wildman–Crippen LogP) is 2.18. The smallest absolute Gasteiger partial charge is 0.191 e. The van der Waals surface area contributed by atoms with Crippen LogP contribution in [-0.2, 0) is 13.1 Å². The number of nitrogens with one attached hydrogen (secondary N) is 2. The Labute approximate surface area is 152 Å². The first-order valence-electron chi connectivity index (χ1n) is 7.30. The van der Waals surface area contributed by atoms with Gasteiger partial charge in [-0.3, -0.25) is 4.99 Å². The molecule has 1 aromatic carbocycles. The van der Waals surface area contributed by atoms with Gasteiger partial charge in [-0.15, -0.1) is 34.2 Å². The van der Waals surface area contributed by atoms with Gasteiger partial charge in [0, 0.05) is 32.2 Å². The molecule has 8 heteroatoms. The van der Waals surface area contributed by atoms with E-state index in [2.05, 4.69) is 25.8 Å². The molecule has 23 heavy (non-hydrogen) atoms. The molecule has 1 aromatic heterocycles. The monoisotopic (exact) mass is 432 g/mol. The Morgan fingerprint density at radius 3 is 2.61 bits per heavy atom. The minimum absolute atomic E-state index is 0. The summed E-state index contributed by atoms with van der Waals surface area (Å²) < 4.78 is 15.5. The van der Waals surface area contributed by atoms with Gasteiger partial charge >= 0.3 is 0 Å². The van der Waals surface area contributed by atoms with Crippen LogP contribution in [0.25, 0.3) is 0 Å². The quantitative estimate of drug-likeness (QED) is 0.305. The van der Waals surface area contributed by atoms with Gasteiger partial charge in [0.05, 0.1) is 0 Å². The highest BCUT2D eigenvalue weighted by atomic mass is 127. The van der Waals surface area contributed by atoms with Crippen molar-refractivity contribution in [3.63, 3.8) is 0 Å². The number of unbranched alkanes of at least 4 members (excludes halogenated alkanes) is 1. The van der Waals surface area contributed by atoms with E-state index in [4.69, 9.17) is 0 Å². The Hall–Kier alpha value is -1.71. The normalized spacial score (nSPS) is 11.0. The summed E-state index contributed by atoms with van der Waals surface area (Å²) in [6.45, 7) is 2.11. The maximum Gasteiger partial charge on any atom is 0.191 e. The molecule has 0 aliphatic heterocycles. The number of halogens is 2. The highest BCUT2D eigenvalue weighted by Gasteiger charge is 2.02. The minimum atomic E-state index is -0.209. The summed E-state index contributed by atoms with van der Waals surface area (Å²) in [6, 6.07) is 6.72. The second-order valence-electron chi connectivity index (χ2n) is 4.85. The molecule has 0 aliphatic rings. The van der Waals surface area contributed by atoms with Crippen LogP contribution in [0.4, 0.5) is 4.39 Å². The first kappa shape index (κ1) is 19.3. The lowest BCUT2D eigenvalue weighted by Gasteiger charge is -2.12. The van der Waals surface area contributed by atoms with E-state index in [1.807, 2.05) is 10.6 Å². The highest BCUT2D eigenvalue weighted by molar-refractivity contribution is 14.0. The van der Waals surface area contributed by atoms with Gasteiger partial charge in [-0.1, -0.05) is 18.2 Å². The second-order valence-corrected chi connectivity index (χ2v) is 4.85. The van der Waals surface area contributed by atoms with Crippen LogP contribution in [0.2, 0.25) is 0 Å². The van der Waals surface area contributed by atoms with Crippen molar-refractivity contribution >= 4 is 29.9 Å². The number of nitrogens with zero attached hydrogens (tertiary/aromatic N) is 4. The van der Waals surface area contributed by atoms with E-state index in [1.54, 1.807) is 31.8 Å². The van der Waals surface area contributed by atoms with Gasteiger partial charge in [0.15, 0.2) is 5.96 Å². The van der Waals surface area contributed by atoms with Crippen molar-refractivity contribution in [3.8, 4) is 0 Å². The molecule has 6 nitrogen and oxygen atoms in total. The summed E-state index contributed by atoms with van der Waals surface area (Å²) in [5.41, 5.74) is 0.623. The fourth-order valence-corrected chi connectivity index (χ4v) is 2.01. The summed E-state index contributed by atoms with van der Waals surface area (Å²) in [5.74, 6) is 0.465. The number of rotatable bonds is 7. The van der Waals surface area contributed by atoms with E-state index in [-0.39, 0.29) is 29.8 Å². The molecule has 0 spiro atoms. The number of aryl methyl sites for hydroxylation is 1. The molecule has 2 N–H and O–H groups in total. The molecule has 0 amide bonds. The van der Waals surface area contributed by atoms with E-state index in [1.165, 1.54) is 6.07 Å². The zero-order chi connectivity index (χ0) is 15.6. The van der Waals surface area contributed by atoms with Gasteiger partial charge in [-0.2, -0.15) is 0 Å². The van der Waals surface area contributed by atoms with Crippen molar-refractivity contribution in [2.45, 2.75) is 25.9 Å². The van der Waals surface area contributed by atoms with Crippen LogP contribution in [0, 0.1) is 5.82 Å². The first-order valence-corrected chi connectivity index (χ1v) is 7.30. The van der Waals surface area contributed by atoms with E-state index in [0.29, 0.717) is 18.1 Å². The van der Waals surface area contributed by atoms with Crippen molar-refractivity contribution in [3.05, 3.63) is 48.3 Å². The second kappa shape index (κ2) is 10.9. The Bertz CT molecular complexity index is 587. The van der Waals surface area contributed by atoms with Crippen molar-refractivity contribution in [2.75, 3.05) is 13.6 Å². The molecule has 0 saturated carbocycles. The standard InChI is InChI=1S/C15H21FN6.HI/c1-17-15(19-10-13-6-2-3-7-14(13)16)18-8-4-5-9-22-11-20-21-12-22;/h2-3,6-7,11-12H,4-5,8-10H2,1H3,(H2,17,18,19);1H. The zero-order valence-electron chi connectivity index (χ0n) is 13.1. The Morgan fingerprint density at radius 2 is 1.91 bits per heavy atom. The molecule has 2 aromatic rings. The molecule has 0 radical (unpaired) electrons. The molecule has 0 bridgehead atoms. The third-order valence-electron chi connectivity index (χ3n) is 3.23. The molecule has 1 heterocycles. The molecule has 126 valence electrons. The molecule has 0 unspecified atom stereocenters.